The van der Waals surface area contributed by atoms with Crippen LogP contribution in [0.15, 0.2) is 36.4 Å². The molecule has 1 heterocycles. The summed E-state index contributed by atoms with van der Waals surface area (Å²) < 4.78 is 1.94. The molecule has 4 nitrogen and oxygen atoms in total. The minimum Gasteiger partial charge on any atom is -0.326 e. The summed E-state index contributed by atoms with van der Waals surface area (Å²) in [6, 6.07) is 12.5. The van der Waals surface area contributed by atoms with E-state index >= 15 is 0 Å². The number of hydrogen-bond acceptors (Lipinski definition) is 3. The van der Waals surface area contributed by atoms with Crippen molar-refractivity contribution in [3.8, 4) is 0 Å². The van der Waals surface area contributed by atoms with E-state index in [4.69, 9.17) is 5.73 Å². The topological polar surface area (TPSA) is 56.7 Å². The lowest BCUT2D eigenvalue weighted by Crippen LogP contribution is -2.03. The van der Waals surface area contributed by atoms with Crippen molar-refractivity contribution in [1.29, 1.82) is 0 Å². The summed E-state index contributed by atoms with van der Waals surface area (Å²) in [6.45, 7) is 5.51. The third-order valence-corrected chi connectivity index (χ3v) is 3.72. The van der Waals surface area contributed by atoms with E-state index in [1.807, 2.05) is 4.68 Å². The van der Waals surface area contributed by atoms with Crippen LogP contribution in [0.2, 0.25) is 0 Å². The molecule has 0 aliphatic heterocycles. The Balaban J connectivity index is 1.95. The molecule has 2 N–H and O–H groups in total. The zero-order chi connectivity index (χ0) is 14.1. The largest absolute Gasteiger partial charge is 0.326 e. The van der Waals surface area contributed by atoms with E-state index in [9.17, 15) is 0 Å². The molecule has 3 aromatic rings. The molecule has 0 fully saturated rings. The van der Waals surface area contributed by atoms with Gasteiger partial charge in [0.25, 0.3) is 0 Å². The van der Waals surface area contributed by atoms with Gasteiger partial charge in [0, 0.05) is 6.54 Å². The Bertz CT molecular complexity index is 741. The highest BCUT2D eigenvalue weighted by atomic mass is 15.4. The van der Waals surface area contributed by atoms with Gasteiger partial charge in [-0.2, -0.15) is 0 Å². The lowest BCUT2D eigenvalue weighted by Gasteiger charge is -2.05. The number of nitrogens with zero attached hydrogens (tertiary/aromatic N) is 3. The number of benzene rings is 2. The van der Waals surface area contributed by atoms with Gasteiger partial charge in [0.05, 0.1) is 12.1 Å². The second-order valence-electron chi connectivity index (χ2n) is 5.19. The van der Waals surface area contributed by atoms with E-state index in [0.29, 0.717) is 6.54 Å². The third kappa shape index (κ3) is 2.30. The fourth-order valence-electron chi connectivity index (χ4n) is 2.29. The van der Waals surface area contributed by atoms with Crippen molar-refractivity contribution in [1.82, 2.24) is 15.0 Å². The second kappa shape index (κ2) is 5.06. The van der Waals surface area contributed by atoms with Crippen molar-refractivity contribution in [3.63, 3.8) is 0 Å². The lowest BCUT2D eigenvalue weighted by atomic mass is 10.1. The SMILES string of the molecule is Cc1cc2nnn(Cc3ccc(CN)cc3)c2cc1C. The average molecular weight is 266 g/mol. The molecule has 3 rings (SSSR count). The molecule has 0 aliphatic rings. The molecule has 0 atom stereocenters. The van der Waals surface area contributed by atoms with Gasteiger partial charge in [0.15, 0.2) is 0 Å². The van der Waals surface area contributed by atoms with E-state index < -0.39 is 0 Å². The van der Waals surface area contributed by atoms with Crippen LogP contribution < -0.4 is 5.73 Å². The maximum absolute atomic E-state index is 5.61. The Kier molecular flexibility index (Phi) is 3.24. The van der Waals surface area contributed by atoms with E-state index in [2.05, 4.69) is 60.6 Å². The van der Waals surface area contributed by atoms with Crippen LogP contribution in [-0.4, -0.2) is 15.0 Å². The van der Waals surface area contributed by atoms with Crippen LogP contribution in [-0.2, 0) is 13.1 Å². The number of fused-ring (bicyclic) bond motifs is 1. The Hall–Kier alpha value is -2.20. The maximum Gasteiger partial charge on any atom is 0.113 e. The maximum atomic E-state index is 5.61. The van der Waals surface area contributed by atoms with E-state index in [1.54, 1.807) is 0 Å². The van der Waals surface area contributed by atoms with Gasteiger partial charge in [-0.3, -0.25) is 0 Å². The summed E-state index contributed by atoms with van der Waals surface area (Å²) in [4.78, 5) is 0. The summed E-state index contributed by atoms with van der Waals surface area (Å²) >= 11 is 0. The van der Waals surface area contributed by atoms with Crippen molar-refractivity contribution in [2.75, 3.05) is 0 Å². The fraction of sp³-hybridized carbons (Fsp3) is 0.250. The van der Waals surface area contributed by atoms with Crippen molar-refractivity contribution in [3.05, 3.63) is 58.7 Å². The molecule has 4 heteroatoms. The predicted octanol–water partition coefficient (Wildman–Crippen LogP) is 2.56. The van der Waals surface area contributed by atoms with Crippen LogP contribution in [0.1, 0.15) is 22.3 Å². The number of hydrogen-bond donors (Lipinski definition) is 1. The van der Waals surface area contributed by atoms with Crippen molar-refractivity contribution in [2.24, 2.45) is 5.73 Å². The molecule has 1 aromatic heterocycles. The van der Waals surface area contributed by atoms with E-state index in [-0.39, 0.29) is 0 Å². The van der Waals surface area contributed by atoms with Crippen LogP contribution in [0.4, 0.5) is 0 Å². The fourth-order valence-corrected chi connectivity index (χ4v) is 2.29. The minimum atomic E-state index is 0.574. The molecule has 0 radical (unpaired) electrons. The van der Waals surface area contributed by atoms with Gasteiger partial charge in [-0.1, -0.05) is 29.5 Å². The van der Waals surface area contributed by atoms with Crippen LogP contribution in [0, 0.1) is 13.8 Å². The normalized spacial score (nSPS) is 11.2. The minimum absolute atomic E-state index is 0.574. The zero-order valence-electron chi connectivity index (χ0n) is 11.8. The highest BCUT2D eigenvalue weighted by Gasteiger charge is 2.07. The van der Waals surface area contributed by atoms with Crippen molar-refractivity contribution < 1.29 is 0 Å². The highest BCUT2D eigenvalue weighted by Crippen LogP contribution is 2.18. The van der Waals surface area contributed by atoms with Gasteiger partial charge in [-0.15, -0.1) is 5.10 Å². The first-order valence-corrected chi connectivity index (χ1v) is 6.75. The first-order chi connectivity index (χ1) is 9.67. The first kappa shape index (κ1) is 12.8. The molecule has 0 amide bonds. The quantitative estimate of drug-likeness (QED) is 0.792. The molecular weight excluding hydrogens is 248 g/mol. The van der Waals surface area contributed by atoms with Gasteiger partial charge in [0.2, 0.25) is 0 Å². The zero-order valence-corrected chi connectivity index (χ0v) is 11.8. The van der Waals surface area contributed by atoms with E-state index in [1.165, 1.54) is 16.7 Å². The molecule has 0 saturated carbocycles. The Morgan fingerprint density at radius 3 is 2.35 bits per heavy atom. The number of rotatable bonds is 3. The number of aryl methyl sites for hydroxylation is 2. The standard InChI is InChI=1S/C16H18N4/c1-11-7-15-16(8-12(11)2)20(19-18-15)10-14-5-3-13(9-17)4-6-14/h3-8H,9-10,17H2,1-2H3. The molecule has 102 valence electrons. The summed E-state index contributed by atoms with van der Waals surface area (Å²) in [6.07, 6.45) is 0. The Morgan fingerprint density at radius 1 is 1.00 bits per heavy atom. The van der Waals surface area contributed by atoms with Crippen LogP contribution in [0.3, 0.4) is 0 Å². The summed E-state index contributed by atoms with van der Waals surface area (Å²) in [5.74, 6) is 0. The molecule has 20 heavy (non-hydrogen) atoms. The van der Waals surface area contributed by atoms with Gasteiger partial charge in [-0.05, 0) is 48.2 Å². The van der Waals surface area contributed by atoms with Crippen LogP contribution in [0.5, 0.6) is 0 Å². The summed E-state index contributed by atoms with van der Waals surface area (Å²) in [5.41, 5.74) is 12.5. The number of nitrogens with two attached hydrogens (primary N) is 1. The van der Waals surface area contributed by atoms with Gasteiger partial charge < -0.3 is 5.73 Å². The Labute approximate surface area is 118 Å². The molecule has 2 aromatic carbocycles. The second-order valence-corrected chi connectivity index (χ2v) is 5.19. The van der Waals surface area contributed by atoms with Gasteiger partial charge in [0.1, 0.15) is 5.52 Å². The van der Waals surface area contributed by atoms with Gasteiger partial charge in [-0.25, -0.2) is 4.68 Å². The molecule has 0 saturated heterocycles. The van der Waals surface area contributed by atoms with Crippen LogP contribution in [0.25, 0.3) is 11.0 Å². The molecular formula is C16H18N4. The first-order valence-electron chi connectivity index (χ1n) is 6.75. The lowest BCUT2D eigenvalue weighted by molar-refractivity contribution is 0.669. The molecule has 0 bridgehead atoms. The predicted molar refractivity (Wildman–Crippen MR) is 80.4 cm³/mol. The summed E-state index contributed by atoms with van der Waals surface area (Å²) in [7, 11) is 0. The Morgan fingerprint density at radius 2 is 1.65 bits per heavy atom. The van der Waals surface area contributed by atoms with Crippen molar-refractivity contribution >= 4 is 11.0 Å². The smallest absolute Gasteiger partial charge is 0.113 e. The molecule has 0 unspecified atom stereocenters. The van der Waals surface area contributed by atoms with Crippen LogP contribution >= 0.6 is 0 Å². The third-order valence-electron chi connectivity index (χ3n) is 3.72. The highest BCUT2D eigenvalue weighted by molar-refractivity contribution is 5.76. The monoisotopic (exact) mass is 266 g/mol. The summed E-state index contributed by atoms with van der Waals surface area (Å²) in [5, 5.41) is 8.50. The molecule has 0 aliphatic carbocycles. The molecule has 0 spiro atoms. The average Bonchev–Trinajstić information content (AvgIpc) is 2.83. The van der Waals surface area contributed by atoms with E-state index in [0.717, 1.165) is 23.1 Å². The van der Waals surface area contributed by atoms with Gasteiger partial charge >= 0.3 is 0 Å². The number of aromatic nitrogens is 3. The van der Waals surface area contributed by atoms with Crippen molar-refractivity contribution in [2.45, 2.75) is 26.9 Å².